The summed E-state index contributed by atoms with van der Waals surface area (Å²) < 4.78 is 5.77. The highest BCUT2D eigenvalue weighted by Crippen LogP contribution is 2.33. The Bertz CT molecular complexity index is 314. The van der Waals surface area contributed by atoms with Crippen molar-refractivity contribution in [2.75, 3.05) is 26.2 Å². The van der Waals surface area contributed by atoms with Crippen LogP contribution in [-0.2, 0) is 4.74 Å². The van der Waals surface area contributed by atoms with E-state index >= 15 is 0 Å². The topological polar surface area (TPSA) is 24.5 Å². The monoisotopic (exact) mass is 280 g/mol. The molecule has 0 aromatic heterocycles. The molecule has 3 atom stereocenters. The second-order valence-corrected chi connectivity index (χ2v) is 7.34. The molecule has 2 heterocycles. The average Bonchev–Trinajstić information content (AvgIpc) is 2.86. The summed E-state index contributed by atoms with van der Waals surface area (Å²) in [6, 6.07) is 0.732. The summed E-state index contributed by atoms with van der Waals surface area (Å²) in [5, 5.41) is 3.93. The highest BCUT2D eigenvalue weighted by atomic mass is 16.5. The maximum atomic E-state index is 5.77. The molecule has 3 aliphatic rings. The smallest absolute Gasteiger partial charge is 0.0588 e. The lowest BCUT2D eigenvalue weighted by Gasteiger charge is -2.50. The molecule has 0 bridgehead atoms. The van der Waals surface area contributed by atoms with Crippen LogP contribution in [0.4, 0.5) is 0 Å². The second kappa shape index (κ2) is 6.33. The van der Waals surface area contributed by atoms with E-state index in [1.54, 1.807) is 0 Å². The van der Waals surface area contributed by atoms with Crippen LogP contribution in [0, 0.1) is 5.92 Å². The summed E-state index contributed by atoms with van der Waals surface area (Å²) in [6.07, 6.45) is 10.0. The van der Waals surface area contributed by atoms with Gasteiger partial charge in [0.15, 0.2) is 0 Å². The predicted octanol–water partition coefficient (Wildman–Crippen LogP) is 2.80. The van der Waals surface area contributed by atoms with E-state index < -0.39 is 0 Å². The van der Waals surface area contributed by atoms with E-state index in [-0.39, 0.29) is 0 Å². The highest BCUT2D eigenvalue weighted by molar-refractivity contribution is 5.00. The normalized spacial score (nSPS) is 38.4. The summed E-state index contributed by atoms with van der Waals surface area (Å²) in [7, 11) is 0. The number of nitrogens with one attached hydrogen (secondary N) is 1. The van der Waals surface area contributed by atoms with Gasteiger partial charge in [0.05, 0.1) is 6.10 Å². The first-order chi connectivity index (χ1) is 9.72. The van der Waals surface area contributed by atoms with Gasteiger partial charge in [0.2, 0.25) is 0 Å². The Morgan fingerprint density at radius 3 is 2.70 bits per heavy atom. The molecule has 1 N–H and O–H groups in total. The van der Waals surface area contributed by atoms with Crippen LogP contribution in [-0.4, -0.2) is 48.8 Å². The first-order valence-corrected chi connectivity index (χ1v) is 8.83. The lowest BCUT2D eigenvalue weighted by atomic mass is 9.79. The molecule has 20 heavy (non-hydrogen) atoms. The Morgan fingerprint density at radius 1 is 1.25 bits per heavy atom. The number of nitrogens with zero attached hydrogens (tertiary/aromatic N) is 1. The fraction of sp³-hybridized carbons (Fsp3) is 1.00. The summed E-state index contributed by atoms with van der Waals surface area (Å²) in [4.78, 5) is 2.80. The van der Waals surface area contributed by atoms with Gasteiger partial charge in [-0.1, -0.05) is 26.2 Å². The minimum atomic E-state index is 0.437. The average molecular weight is 280 g/mol. The van der Waals surface area contributed by atoms with Crippen molar-refractivity contribution < 1.29 is 4.74 Å². The highest BCUT2D eigenvalue weighted by Gasteiger charge is 2.40. The molecule has 1 saturated carbocycles. The molecule has 1 aliphatic carbocycles. The van der Waals surface area contributed by atoms with Crippen molar-refractivity contribution in [2.24, 2.45) is 5.92 Å². The van der Waals surface area contributed by atoms with Gasteiger partial charge in [-0.25, -0.2) is 0 Å². The Labute approximate surface area is 124 Å². The number of piperazine rings is 1. The van der Waals surface area contributed by atoms with Gasteiger partial charge < -0.3 is 10.1 Å². The molecule has 3 rings (SSSR count). The minimum Gasteiger partial charge on any atom is -0.378 e. The van der Waals surface area contributed by atoms with E-state index in [0.29, 0.717) is 11.6 Å². The molecule has 0 aromatic rings. The quantitative estimate of drug-likeness (QED) is 0.860. The molecule has 0 radical (unpaired) electrons. The van der Waals surface area contributed by atoms with E-state index in [9.17, 15) is 0 Å². The third kappa shape index (κ3) is 3.05. The summed E-state index contributed by atoms with van der Waals surface area (Å²) in [6.45, 7) is 9.29. The number of hydrogen-bond acceptors (Lipinski definition) is 3. The molecule has 3 heteroatoms. The van der Waals surface area contributed by atoms with Crippen LogP contribution in [0.3, 0.4) is 0 Å². The van der Waals surface area contributed by atoms with Gasteiger partial charge >= 0.3 is 0 Å². The maximum Gasteiger partial charge on any atom is 0.0588 e. The van der Waals surface area contributed by atoms with Crippen molar-refractivity contribution >= 4 is 0 Å². The lowest BCUT2D eigenvalue weighted by Crippen LogP contribution is -2.65. The van der Waals surface area contributed by atoms with Crippen molar-refractivity contribution in [2.45, 2.75) is 76.5 Å². The molecule has 3 fully saturated rings. The van der Waals surface area contributed by atoms with E-state index in [1.807, 2.05) is 0 Å². The van der Waals surface area contributed by atoms with Crippen molar-refractivity contribution in [3.8, 4) is 0 Å². The van der Waals surface area contributed by atoms with Gasteiger partial charge in [0, 0.05) is 37.8 Å². The minimum absolute atomic E-state index is 0.437. The van der Waals surface area contributed by atoms with Gasteiger partial charge in [-0.3, -0.25) is 4.90 Å². The van der Waals surface area contributed by atoms with Crippen molar-refractivity contribution in [1.29, 1.82) is 0 Å². The zero-order valence-electron chi connectivity index (χ0n) is 13.4. The molecule has 2 aliphatic heterocycles. The third-order valence-electron chi connectivity index (χ3n) is 6.02. The van der Waals surface area contributed by atoms with Crippen molar-refractivity contribution in [3.05, 3.63) is 0 Å². The largest absolute Gasteiger partial charge is 0.378 e. The summed E-state index contributed by atoms with van der Waals surface area (Å²) in [5.74, 6) is 0.753. The Morgan fingerprint density at radius 2 is 2.05 bits per heavy atom. The second-order valence-electron chi connectivity index (χ2n) is 7.34. The molecule has 0 aromatic carbocycles. The molecule has 3 nitrogen and oxygen atoms in total. The Hall–Kier alpha value is -0.120. The van der Waals surface area contributed by atoms with Crippen LogP contribution in [0.1, 0.15) is 58.8 Å². The van der Waals surface area contributed by atoms with Crippen LogP contribution in [0.5, 0.6) is 0 Å². The number of ether oxygens (including phenoxy) is 1. The van der Waals surface area contributed by atoms with Crippen LogP contribution >= 0.6 is 0 Å². The fourth-order valence-electron chi connectivity index (χ4n) is 4.53. The van der Waals surface area contributed by atoms with E-state index in [2.05, 4.69) is 24.1 Å². The molecular weight excluding hydrogens is 248 g/mol. The Balaban J connectivity index is 1.65. The SMILES string of the molecule is CCC1CNC2(CCCCC2)CN1CC1CCOC1C. The molecule has 1 spiro atoms. The van der Waals surface area contributed by atoms with Gasteiger partial charge in [-0.2, -0.15) is 0 Å². The molecular formula is C17H32N2O. The van der Waals surface area contributed by atoms with Gasteiger partial charge in [0.1, 0.15) is 0 Å². The first kappa shape index (κ1) is 14.8. The molecule has 2 saturated heterocycles. The van der Waals surface area contributed by atoms with Crippen LogP contribution in [0.15, 0.2) is 0 Å². The predicted molar refractivity (Wildman–Crippen MR) is 83.0 cm³/mol. The molecule has 116 valence electrons. The van der Waals surface area contributed by atoms with Crippen molar-refractivity contribution in [3.63, 3.8) is 0 Å². The molecule has 3 unspecified atom stereocenters. The fourth-order valence-corrected chi connectivity index (χ4v) is 4.53. The zero-order chi connectivity index (χ0) is 14.0. The van der Waals surface area contributed by atoms with Gasteiger partial charge in [-0.05, 0) is 38.5 Å². The maximum absolute atomic E-state index is 5.77. The van der Waals surface area contributed by atoms with E-state index in [4.69, 9.17) is 4.74 Å². The third-order valence-corrected chi connectivity index (χ3v) is 6.02. The zero-order valence-corrected chi connectivity index (χ0v) is 13.4. The first-order valence-electron chi connectivity index (χ1n) is 8.83. The summed E-state index contributed by atoms with van der Waals surface area (Å²) in [5.41, 5.74) is 0.437. The lowest BCUT2D eigenvalue weighted by molar-refractivity contribution is 0.0289. The van der Waals surface area contributed by atoms with Crippen molar-refractivity contribution in [1.82, 2.24) is 10.2 Å². The van der Waals surface area contributed by atoms with Crippen LogP contribution in [0.25, 0.3) is 0 Å². The van der Waals surface area contributed by atoms with Gasteiger partial charge in [-0.15, -0.1) is 0 Å². The summed E-state index contributed by atoms with van der Waals surface area (Å²) >= 11 is 0. The van der Waals surface area contributed by atoms with Crippen LogP contribution < -0.4 is 5.32 Å². The number of rotatable bonds is 3. The Kier molecular flexibility index (Phi) is 4.68. The van der Waals surface area contributed by atoms with E-state index in [1.165, 1.54) is 64.6 Å². The van der Waals surface area contributed by atoms with Gasteiger partial charge in [0.25, 0.3) is 0 Å². The number of hydrogen-bond donors (Lipinski definition) is 1. The molecule has 0 amide bonds. The van der Waals surface area contributed by atoms with Crippen LogP contribution in [0.2, 0.25) is 0 Å². The van der Waals surface area contributed by atoms with E-state index in [0.717, 1.165) is 18.6 Å². The standard InChI is InChI=1S/C17H32N2O/c1-3-16-11-18-17(8-5-4-6-9-17)13-19(16)12-15-7-10-20-14(15)2/h14-16,18H,3-13H2,1-2H3.